The molecule has 3 aromatic carbocycles. The van der Waals surface area contributed by atoms with Crippen LogP contribution in [-0.4, -0.2) is 62.7 Å². The minimum atomic E-state index is -4.00. The number of rotatable bonds is 8. The second-order valence-corrected chi connectivity index (χ2v) is 12.2. The van der Waals surface area contributed by atoms with Gasteiger partial charge in [0.25, 0.3) is 11.8 Å². The molecular weight excluding hydrogens is 584 g/mol. The summed E-state index contributed by atoms with van der Waals surface area (Å²) in [5.41, 5.74) is 0.222. The van der Waals surface area contributed by atoms with Crippen LogP contribution in [0, 0.1) is 18.6 Å². The maximum absolute atomic E-state index is 14.6. The average Bonchev–Trinajstić information content (AvgIpc) is 3.20. The zero-order valence-electron chi connectivity index (χ0n) is 23.9. The first-order valence-electron chi connectivity index (χ1n) is 12.9. The largest absolute Gasteiger partial charge is 0.505 e. The van der Waals surface area contributed by atoms with Crippen molar-refractivity contribution in [2.24, 2.45) is 0 Å². The van der Waals surface area contributed by atoms with Gasteiger partial charge in [-0.25, -0.2) is 17.2 Å². The Labute approximate surface area is 246 Å². The molecule has 0 unspecified atom stereocenters. The molecule has 1 aliphatic heterocycles. The van der Waals surface area contributed by atoms with Gasteiger partial charge in [0.2, 0.25) is 10.0 Å². The maximum atomic E-state index is 14.6. The number of carbonyl (C=O) groups excluding carboxylic acids is 2. The van der Waals surface area contributed by atoms with Gasteiger partial charge in [-0.2, -0.15) is 0 Å². The molecule has 0 aliphatic carbocycles. The fraction of sp³-hybridized carbons (Fsp3) is 0.233. The van der Waals surface area contributed by atoms with Gasteiger partial charge >= 0.3 is 0 Å². The molecule has 13 heteroatoms. The molecule has 0 fully saturated rings. The van der Waals surface area contributed by atoms with E-state index in [0.29, 0.717) is 22.6 Å². The van der Waals surface area contributed by atoms with Crippen LogP contribution in [0.2, 0.25) is 0 Å². The van der Waals surface area contributed by atoms with Crippen molar-refractivity contribution in [1.82, 2.24) is 9.88 Å². The van der Waals surface area contributed by atoms with Crippen LogP contribution >= 0.6 is 0 Å². The molecule has 10 nitrogen and oxygen atoms in total. The van der Waals surface area contributed by atoms with Crippen molar-refractivity contribution in [2.45, 2.75) is 19.9 Å². The Morgan fingerprint density at radius 2 is 1.67 bits per heavy atom. The number of aromatic nitrogens is 1. The quantitative estimate of drug-likeness (QED) is 0.292. The molecule has 0 spiro atoms. The number of nitrogens with zero attached hydrogens (tertiary/aromatic N) is 3. The monoisotopic (exact) mass is 611 g/mol. The van der Waals surface area contributed by atoms with Gasteiger partial charge < -0.3 is 14.6 Å². The zero-order chi connectivity index (χ0) is 31.4. The van der Waals surface area contributed by atoms with E-state index in [-0.39, 0.29) is 46.2 Å². The summed E-state index contributed by atoms with van der Waals surface area (Å²) in [6, 6.07) is 8.42. The second kappa shape index (κ2) is 10.8. The molecule has 0 radical (unpaired) electrons. The molecule has 2 heterocycles. The molecule has 5 rings (SSSR count). The van der Waals surface area contributed by atoms with E-state index >= 15 is 0 Å². The summed E-state index contributed by atoms with van der Waals surface area (Å²) in [6.45, 7) is 1.24. The molecular formula is C30H27F2N3O7S. The van der Waals surface area contributed by atoms with Crippen LogP contribution < -0.4 is 13.8 Å². The Balaban J connectivity index is 1.69. The van der Waals surface area contributed by atoms with Crippen LogP contribution in [0.1, 0.15) is 43.0 Å². The molecule has 0 saturated heterocycles. The lowest BCUT2D eigenvalue weighted by Gasteiger charge is -2.22. The number of phenols is 1. The summed E-state index contributed by atoms with van der Waals surface area (Å²) < 4.78 is 65.4. The molecule has 1 aromatic heterocycles. The Hall–Kier alpha value is -4.78. The van der Waals surface area contributed by atoms with Crippen molar-refractivity contribution >= 4 is 38.4 Å². The lowest BCUT2D eigenvalue weighted by Crippen LogP contribution is -2.30. The van der Waals surface area contributed by atoms with E-state index in [1.807, 2.05) is 0 Å². The number of aryl methyl sites for hydroxylation is 1. The molecule has 1 N–H and O–H groups in total. The molecule has 0 saturated carbocycles. The number of hydrogen-bond donors (Lipinski definition) is 1. The first kappa shape index (κ1) is 29.7. The zero-order valence-corrected chi connectivity index (χ0v) is 24.7. The van der Waals surface area contributed by atoms with E-state index in [0.717, 1.165) is 21.5 Å². The number of fused-ring (bicyclic) bond motifs is 2. The summed E-state index contributed by atoms with van der Waals surface area (Å²) in [5.74, 6) is -2.95. The lowest BCUT2D eigenvalue weighted by atomic mass is 9.97. The highest BCUT2D eigenvalue weighted by Gasteiger charge is 2.43. The Morgan fingerprint density at radius 1 is 0.977 bits per heavy atom. The fourth-order valence-electron chi connectivity index (χ4n) is 5.10. The van der Waals surface area contributed by atoms with Gasteiger partial charge in [-0.3, -0.25) is 23.8 Å². The highest BCUT2D eigenvalue weighted by atomic mass is 32.2. The Kier molecular flexibility index (Phi) is 7.46. The van der Waals surface area contributed by atoms with Gasteiger partial charge in [0.15, 0.2) is 5.75 Å². The molecule has 2 amide bonds. The van der Waals surface area contributed by atoms with Gasteiger partial charge in [0.1, 0.15) is 28.7 Å². The molecule has 4 aromatic rings. The first-order chi connectivity index (χ1) is 20.3. The van der Waals surface area contributed by atoms with E-state index in [1.54, 1.807) is 18.2 Å². The molecule has 0 atom stereocenters. The van der Waals surface area contributed by atoms with Crippen molar-refractivity contribution in [3.63, 3.8) is 0 Å². The molecule has 43 heavy (non-hydrogen) atoms. The van der Waals surface area contributed by atoms with Gasteiger partial charge in [0, 0.05) is 42.7 Å². The summed E-state index contributed by atoms with van der Waals surface area (Å²) in [5, 5.41) is 11.3. The van der Waals surface area contributed by atoms with Gasteiger partial charge in [0.05, 0.1) is 43.8 Å². The van der Waals surface area contributed by atoms with E-state index < -0.39 is 44.8 Å². The predicted octanol–water partition coefficient (Wildman–Crippen LogP) is 4.33. The van der Waals surface area contributed by atoms with Crippen molar-refractivity contribution in [2.75, 3.05) is 31.8 Å². The first-order valence-corrected chi connectivity index (χ1v) is 14.7. The molecule has 224 valence electrons. The standard InChI is InChI=1S/C30H27F2N3O7S/c1-15-8-18(22(32)12-21(15)31)9-16-10-20-26(33-13-16)28(36)25-24(27(20)34(2)43(5,39)40)29(37)35(30(25)38)14-17-6-7-19(41-3)11-23(17)42-4/h6-8,10-13,36H,9,14H2,1-5H3. The number of imide groups is 1. The number of pyridine rings is 1. The lowest BCUT2D eigenvalue weighted by molar-refractivity contribution is 0.0641. The third-order valence-electron chi connectivity index (χ3n) is 7.42. The number of carbonyl (C=O) groups is 2. The highest BCUT2D eigenvalue weighted by molar-refractivity contribution is 7.92. The Morgan fingerprint density at radius 3 is 2.33 bits per heavy atom. The van der Waals surface area contributed by atoms with Crippen molar-refractivity contribution in [3.8, 4) is 17.2 Å². The minimum Gasteiger partial charge on any atom is -0.505 e. The second-order valence-electron chi connectivity index (χ2n) is 10.2. The highest BCUT2D eigenvalue weighted by Crippen LogP contribution is 2.45. The van der Waals surface area contributed by atoms with Gasteiger partial charge in [-0.05, 0) is 47.9 Å². The summed E-state index contributed by atoms with van der Waals surface area (Å²) >= 11 is 0. The molecule has 0 bridgehead atoms. The number of halogens is 2. The average molecular weight is 612 g/mol. The van der Waals surface area contributed by atoms with E-state index in [1.165, 1.54) is 46.5 Å². The van der Waals surface area contributed by atoms with Crippen LogP contribution in [-0.2, 0) is 23.0 Å². The van der Waals surface area contributed by atoms with Crippen LogP contribution in [0.4, 0.5) is 14.5 Å². The normalized spacial score (nSPS) is 13.0. The maximum Gasteiger partial charge on any atom is 0.265 e. The van der Waals surface area contributed by atoms with E-state index in [2.05, 4.69) is 4.98 Å². The summed E-state index contributed by atoms with van der Waals surface area (Å²) in [7, 11) is 0.105. The summed E-state index contributed by atoms with van der Waals surface area (Å²) in [6.07, 6.45) is 2.21. The Bertz CT molecular complexity index is 1950. The van der Waals surface area contributed by atoms with Gasteiger partial charge in [-0.1, -0.05) is 0 Å². The number of hydrogen-bond acceptors (Lipinski definition) is 8. The SMILES string of the molecule is COc1ccc(CN2C(=O)c3c(c(O)c4ncc(Cc5cc(C)c(F)cc5F)cc4c3N(C)S(C)(=O)=O)C2=O)c(OC)c1. The molecule has 1 aliphatic rings. The number of amides is 2. The fourth-order valence-corrected chi connectivity index (χ4v) is 5.63. The van der Waals surface area contributed by atoms with Crippen LogP contribution in [0.3, 0.4) is 0 Å². The van der Waals surface area contributed by atoms with E-state index in [9.17, 15) is 31.9 Å². The minimum absolute atomic E-state index is 0.0472. The number of ether oxygens (including phenoxy) is 2. The van der Waals surface area contributed by atoms with Crippen LogP contribution in [0.15, 0.2) is 42.6 Å². The van der Waals surface area contributed by atoms with E-state index in [4.69, 9.17) is 9.47 Å². The number of anilines is 1. The number of phenolic OH excluding ortho intramolecular Hbond substituents is 1. The van der Waals surface area contributed by atoms with Crippen LogP contribution in [0.25, 0.3) is 10.9 Å². The van der Waals surface area contributed by atoms with Crippen molar-refractivity contribution in [1.29, 1.82) is 0 Å². The van der Waals surface area contributed by atoms with Crippen molar-refractivity contribution in [3.05, 3.63) is 87.6 Å². The number of aromatic hydroxyl groups is 1. The smallest absolute Gasteiger partial charge is 0.265 e. The van der Waals surface area contributed by atoms with Gasteiger partial charge in [-0.15, -0.1) is 0 Å². The third-order valence-corrected chi connectivity index (χ3v) is 8.60. The number of sulfonamides is 1. The van der Waals surface area contributed by atoms with Crippen LogP contribution in [0.5, 0.6) is 17.2 Å². The topological polar surface area (TPSA) is 126 Å². The number of methoxy groups -OCH3 is 2. The van der Waals surface area contributed by atoms with Crippen molar-refractivity contribution < 1.29 is 41.4 Å². The third kappa shape index (κ3) is 5.09. The predicted molar refractivity (Wildman–Crippen MR) is 154 cm³/mol. The summed E-state index contributed by atoms with van der Waals surface area (Å²) in [4.78, 5) is 32.7. The number of benzene rings is 3.